The van der Waals surface area contributed by atoms with Crippen LogP contribution < -0.4 is 5.32 Å². The molecule has 1 aromatic rings. The lowest BCUT2D eigenvalue weighted by atomic mass is 9.99. The summed E-state index contributed by atoms with van der Waals surface area (Å²) < 4.78 is 0. The van der Waals surface area contributed by atoms with Crippen molar-refractivity contribution >= 4 is 11.3 Å². The fourth-order valence-electron chi connectivity index (χ4n) is 2.40. The Morgan fingerprint density at radius 2 is 1.83 bits per heavy atom. The van der Waals surface area contributed by atoms with Crippen LogP contribution in [0.1, 0.15) is 38.6 Å². The van der Waals surface area contributed by atoms with Gasteiger partial charge in [-0.3, -0.25) is 0 Å². The van der Waals surface area contributed by atoms with E-state index in [1.165, 1.54) is 4.88 Å². The molecule has 0 aliphatic carbocycles. The van der Waals surface area contributed by atoms with Crippen LogP contribution in [0.5, 0.6) is 0 Å². The molecule has 0 radical (unpaired) electrons. The monoisotopic (exact) mass is 268 g/mol. The highest BCUT2D eigenvalue weighted by Gasteiger charge is 2.20. The quantitative estimate of drug-likeness (QED) is 0.812. The number of nitrogens with one attached hydrogen (secondary N) is 1. The van der Waals surface area contributed by atoms with E-state index in [-0.39, 0.29) is 0 Å². The van der Waals surface area contributed by atoms with Crippen LogP contribution in [-0.2, 0) is 0 Å². The van der Waals surface area contributed by atoms with Crippen LogP contribution >= 0.6 is 11.3 Å². The first-order chi connectivity index (χ1) is 8.43. The molecule has 2 nitrogen and oxygen atoms in total. The molecule has 18 heavy (non-hydrogen) atoms. The van der Waals surface area contributed by atoms with Crippen molar-refractivity contribution in [2.45, 2.75) is 39.8 Å². The number of hydrogen-bond donors (Lipinski definition) is 1. The lowest BCUT2D eigenvalue weighted by Crippen LogP contribution is -2.43. The van der Waals surface area contributed by atoms with Gasteiger partial charge in [-0.2, -0.15) is 0 Å². The van der Waals surface area contributed by atoms with Crippen LogP contribution in [-0.4, -0.2) is 31.6 Å². The largest absolute Gasteiger partial charge is 0.307 e. The zero-order valence-electron chi connectivity index (χ0n) is 12.6. The minimum Gasteiger partial charge on any atom is -0.307 e. The number of rotatable bonds is 7. The predicted octanol–water partition coefficient (Wildman–Crippen LogP) is 3.62. The van der Waals surface area contributed by atoms with Crippen LogP contribution in [0.4, 0.5) is 0 Å². The minimum atomic E-state index is 0.478. The van der Waals surface area contributed by atoms with Gasteiger partial charge in [-0.1, -0.05) is 33.8 Å². The van der Waals surface area contributed by atoms with Crippen LogP contribution in [0.15, 0.2) is 17.5 Å². The van der Waals surface area contributed by atoms with Gasteiger partial charge >= 0.3 is 0 Å². The van der Waals surface area contributed by atoms with Gasteiger partial charge in [0, 0.05) is 23.5 Å². The van der Waals surface area contributed by atoms with Crippen molar-refractivity contribution in [2.24, 2.45) is 11.8 Å². The Morgan fingerprint density at radius 1 is 1.17 bits per heavy atom. The molecule has 1 N–H and O–H groups in total. The zero-order chi connectivity index (χ0) is 13.7. The van der Waals surface area contributed by atoms with Crippen LogP contribution in [0.2, 0.25) is 0 Å². The molecule has 0 fully saturated rings. The number of thiophene rings is 1. The second-order valence-corrected chi connectivity index (χ2v) is 6.90. The van der Waals surface area contributed by atoms with Gasteiger partial charge in [-0.05, 0) is 37.4 Å². The Kier molecular flexibility index (Phi) is 6.33. The Hall–Kier alpha value is -0.380. The molecule has 0 aliphatic rings. The maximum absolute atomic E-state index is 3.75. The Bertz CT molecular complexity index is 309. The average Bonchev–Trinajstić information content (AvgIpc) is 2.75. The van der Waals surface area contributed by atoms with Crippen molar-refractivity contribution in [3.8, 4) is 0 Å². The van der Waals surface area contributed by atoms with Gasteiger partial charge in [0.25, 0.3) is 0 Å². The zero-order valence-corrected chi connectivity index (χ0v) is 13.4. The first-order valence-electron chi connectivity index (χ1n) is 6.86. The van der Waals surface area contributed by atoms with Gasteiger partial charge in [-0.15, -0.1) is 11.3 Å². The SMILES string of the molecule is CC(C)C(NCC(C(C)C)N(C)C)c1cccs1. The van der Waals surface area contributed by atoms with E-state index in [2.05, 4.69) is 69.5 Å². The van der Waals surface area contributed by atoms with Gasteiger partial charge in [-0.25, -0.2) is 0 Å². The smallest absolute Gasteiger partial charge is 0.0438 e. The summed E-state index contributed by atoms with van der Waals surface area (Å²) in [4.78, 5) is 3.77. The second kappa shape index (κ2) is 7.27. The molecule has 0 saturated carbocycles. The molecular formula is C15H28N2S. The topological polar surface area (TPSA) is 15.3 Å². The molecular weight excluding hydrogens is 240 g/mol. The average molecular weight is 268 g/mol. The summed E-state index contributed by atoms with van der Waals surface area (Å²) in [5, 5.41) is 5.92. The third kappa shape index (κ3) is 4.38. The second-order valence-electron chi connectivity index (χ2n) is 5.92. The van der Waals surface area contributed by atoms with Crippen molar-refractivity contribution in [1.29, 1.82) is 0 Å². The molecule has 0 amide bonds. The first kappa shape index (κ1) is 15.7. The van der Waals surface area contributed by atoms with Crippen LogP contribution in [0, 0.1) is 11.8 Å². The molecule has 2 atom stereocenters. The standard InChI is InChI=1S/C15H28N2S/c1-11(2)13(17(5)6)10-16-15(12(3)4)14-8-7-9-18-14/h7-9,11-13,15-16H,10H2,1-6H3. The summed E-state index contributed by atoms with van der Waals surface area (Å²) in [6.45, 7) is 10.2. The highest BCUT2D eigenvalue weighted by atomic mass is 32.1. The summed E-state index contributed by atoms with van der Waals surface area (Å²) in [7, 11) is 4.34. The summed E-state index contributed by atoms with van der Waals surface area (Å²) >= 11 is 1.85. The van der Waals surface area contributed by atoms with E-state index in [0.717, 1.165) is 6.54 Å². The van der Waals surface area contributed by atoms with Gasteiger partial charge in [0.2, 0.25) is 0 Å². The Balaban J connectivity index is 2.63. The maximum Gasteiger partial charge on any atom is 0.0438 e. The van der Waals surface area contributed by atoms with Gasteiger partial charge in [0.15, 0.2) is 0 Å². The lowest BCUT2D eigenvalue weighted by molar-refractivity contribution is 0.213. The molecule has 0 aromatic carbocycles. The Morgan fingerprint density at radius 3 is 2.22 bits per heavy atom. The van der Waals surface area contributed by atoms with Crippen molar-refractivity contribution < 1.29 is 0 Å². The fraction of sp³-hybridized carbons (Fsp3) is 0.733. The Labute approximate surface area is 116 Å². The summed E-state index contributed by atoms with van der Waals surface area (Å²) in [6, 6.07) is 5.45. The van der Waals surface area contributed by atoms with Crippen molar-refractivity contribution in [1.82, 2.24) is 10.2 Å². The van der Waals surface area contributed by atoms with E-state index in [9.17, 15) is 0 Å². The maximum atomic E-state index is 3.75. The number of nitrogens with zero attached hydrogens (tertiary/aromatic N) is 1. The number of hydrogen-bond acceptors (Lipinski definition) is 3. The summed E-state index contributed by atoms with van der Waals surface area (Å²) in [6.07, 6.45) is 0. The normalized spacial score (nSPS) is 15.6. The van der Waals surface area contributed by atoms with Crippen molar-refractivity contribution in [3.05, 3.63) is 22.4 Å². The van der Waals surface area contributed by atoms with E-state index >= 15 is 0 Å². The molecule has 0 bridgehead atoms. The minimum absolute atomic E-state index is 0.478. The van der Waals surface area contributed by atoms with Crippen LogP contribution in [0.25, 0.3) is 0 Å². The van der Waals surface area contributed by atoms with E-state index < -0.39 is 0 Å². The highest BCUT2D eigenvalue weighted by molar-refractivity contribution is 7.10. The van der Waals surface area contributed by atoms with Gasteiger partial charge in [0.1, 0.15) is 0 Å². The summed E-state index contributed by atoms with van der Waals surface area (Å²) in [5.74, 6) is 1.29. The molecule has 1 heterocycles. The molecule has 2 unspecified atom stereocenters. The molecule has 0 saturated heterocycles. The van der Waals surface area contributed by atoms with Crippen molar-refractivity contribution in [3.63, 3.8) is 0 Å². The molecule has 0 aliphatic heterocycles. The first-order valence-corrected chi connectivity index (χ1v) is 7.74. The molecule has 0 spiro atoms. The third-order valence-electron chi connectivity index (χ3n) is 3.50. The molecule has 1 aromatic heterocycles. The molecule has 104 valence electrons. The third-order valence-corrected chi connectivity index (χ3v) is 4.45. The fourth-order valence-corrected chi connectivity index (χ4v) is 3.37. The summed E-state index contributed by atoms with van der Waals surface area (Å²) in [5.41, 5.74) is 0. The van der Waals surface area contributed by atoms with E-state index in [0.29, 0.717) is 23.9 Å². The van der Waals surface area contributed by atoms with Crippen molar-refractivity contribution in [2.75, 3.05) is 20.6 Å². The lowest BCUT2D eigenvalue weighted by Gasteiger charge is -2.31. The van der Waals surface area contributed by atoms with E-state index in [1.54, 1.807) is 0 Å². The van der Waals surface area contributed by atoms with E-state index in [4.69, 9.17) is 0 Å². The van der Waals surface area contributed by atoms with E-state index in [1.807, 2.05) is 11.3 Å². The molecule has 3 heteroatoms. The van der Waals surface area contributed by atoms with Crippen LogP contribution in [0.3, 0.4) is 0 Å². The van der Waals surface area contributed by atoms with Gasteiger partial charge in [0.05, 0.1) is 0 Å². The number of likely N-dealkylation sites (N-methyl/N-ethyl adjacent to an activating group) is 1. The highest BCUT2D eigenvalue weighted by Crippen LogP contribution is 2.26. The predicted molar refractivity (Wildman–Crippen MR) is 82.2 cm³/mol. The van der Waals surface area contributed by atoms with Gasteiger partial charge < -0.3 is 10.2 Å². The molecule has 1 rings (SSSR count).